The van der Waals surface area contributed by atoms with Crippen LogP contribution in [0.1, 0.15) is 49.5 Å². The molecule has 0 aliphatic carbocycles. The van der Waals surface area contributed by atoms with E-state index >= 15 is 0 Å². The van der Waals surface area contributed by atoms with Crippen molar-refractivity contribution in [2.75, 3.05) is 18.8 Å². The van der Waals surface area contributed by atoms with Crippen molar-refractivity contribution in [1.82, 2.24) is 20.5 Å². The molecule has 2 aromatic rings. The van der Waals surface area contributed by atoms with Gasteiger partial charge in [-0.25, -0.2) is 9.78 Å². The van der Waals surface area contributed by atoms with E-state index in [1.807, 2.05) is 22.7 Å². The highest BCUT2D eigenvalue weighted by molar-refractivity contribution is 8.00. The number of amides is 3. The number of hydrogen-bond acceptors (Lipinski definition) is 5. The van der Waals surface area contributed by atoms with E-state index in [4.69, 9.17) is 4.98 Å². The molecule has 3 amide bonds. The molecular formula is C22H28N4O2S2. The molecule has 0 bridgehead atoms. The Kier molecular flexibility index (Phi) is 5.87. The van der Waals surface area contributed by atoms with Crippen LogP contribution < -0.4 is 10.6 Å². The van der Waals surface area contributed by atoms with Crippen molar-refractivity contribution in [2.24, 2.45) is 0 Å². The van der Waals surface area contributed by atoms with Gasteiger partial charge in [0.1, 0.15) is 0 Å². The van der Waals surface area contributed by atoms with Crippen molar-refractivity contribution < 1.29 is 9.59 Å². The monoisotopic (exact) mass is 444 g/mol. The Balaban J connectivity index is 1.04. The predicted octanol–water partition coefficient (Wildman–Crippen LogP) is 3.73. The normalized spacial score (nSPS) is 26.6. The zero-order valence-electron chi connectivity index (χ0n) is 17.0. The van der Waals surface area contributed by atoms with Crippen LogP contribution in [0.2, 0.25) is 0 Å². The molecule has 2 N–H and O–H groups in total. The standard InChI is InChI=1S/C22H28N4O2S2/c27-19(8-4-3-7-18-20-16(13-29-18)24-22(28)25-20)26-11-9-14(10-12-26)21-23-15-5-1-2-6-17(15)30-21/h1-2,5-6,14,16,18,20H,3-4,7-13H2,(H2,24,25,28)/t16-,18-,20-/m1/s1. The molecule has 0 spiro atoms. The molecule has 160 valence electrons. The highest BCUT2D eigenvalue weighted by atomic mass is 32.2. The van der Waals surface area contributed by atoms with Crippen LogP contribution in [0.25, 0.3) is 10.2 Å². The number of hydrogen-bond donors (Lipinski definition) is 2. The third-order valence-corrected chi connectivity index (χ3v) is 9.28. The minimum atomic E-state index is -0.0280. The number of nitrogens with one attached hydrogen (secondary N) is 2. The van der Waals surface area contributed by atoms with Gasteiger partial charge in [-0.05, 0) is 37.8 Å². The summed E-state index contributed by atoms with van der Waals surface area (Å²) >= 11 is 3.75. The second-order valence-corrected chi connectivity index (χ2v) is 10.9. The van der Waals surface area contributed by atoms with Gasteiger partial charge >= 0.3 is 6.03 Å². The first kappa shape index (κ1) is 20.1. The van der Waals surface area contributed by atoms with Gasteiger partial charge in [0.15, 0.2) is 0 Å². The number of thioether (sulfide) groups is 1. The van der Waals surface area contributed by atoms with Crippen LogP contribution in [-0.2, 0) is 4.79 Å². The Morgan fingerprint density at radius 3 is 2.83 bits per heavy atom. The Hall–Kier alpha value is -1.80. The van der Waals surface area contributed by atoms with Gasteiger partial charge in [-0.15, -0.1) is 11.3 Å². The van der Waals surface area contributed by atoms with Gasteiger partial charge in [0.05, 0.1) is 27.3 Å². The second kappa shape index (κ2) is 8.75. The lowest BCUT2D eigenvalue weighted by Crippen LogP contribution is -2.38. The molecule has 5 rings (SSSR count). The number of urea groups is 1. The quantitative estimate of drug-likeness (QED) is 0.526. The first-order valence-corrected chi connectivity index (χ1v) is 12.9. The Bertz CT molecular complexity index is 892. The number of aromatic nitrogens is 1. The lowest BCUT2D eigenvalue weighted by Gasteiger charge is -2.31. The minimum absolute atomic E-state index is 0.0280. The maximum atomic E-state index is 12.6. The predicted molar refractivity (Wildman–Crippen MR) is 122 cm³/mol. The molecule has 30 heavy (non-hydrogen) atoms. The fraction of sp³-hybridized carbons (Fsp3) is 0.591. The van der Waals surface area contributed by atoms with Gasteiger partial charge in [0.2, 0.25) is 5.91 Å². The van der Waals surface area contributed by atoms with E-state index in [1.54, 1.807) is 11.3 Å². The second-order valence-electron chi connectivity index (χ2n) is 8.54. The van der Waals surface area contributed by atoms with Crippen LogP contribution in [0.15, 0.2) is 24.3 Å². The van der Waals surface area contributed by atoms with E-state index in [-0.39, 0.29) is 18.1 Å². The average Bonchev–Trinajstić information content (AvgIpc) is 3.45. The number of nitrogens with zero attached hydrogens (tertiary/aromatic N) is 2. The van der Waals surface area contributed by atoms with Gasteiger partial charge in [0.25, 0.3) is 0 Å². The summed E-state index contributed by atoms with van der Waals surface area (Å²) in [5.74, 6) is 1.77. The Morgan fingerprint density at radius 1 is 1.17 bits per heavy atom. The van der Waals surface area contributed by atoms with E-state index in [1.165, 1.54) is 9.71 Å². The molecule has 3 fully saturated rings. The molecule has 3 aliphatic heterocycles. The molecule has 1 aromatic heterocycles. The lowest BCUT2D eigenvalue weighted by molar-refractivity contribution is -0.132. The third kappa shape index (κ3) is 4.17. The highest BCUT2D eigenvalue weighted by Gasteiger charge is 2.42. The molecule has 3 saturated heterocycles. The number of benzene rings is 1. The van der Waals surface area contributed by atoms with Crippen LogP contribution in [0.4, 0.5) is 4.79 Å². The molecule has 1 aromatic carbocycles. The van der Waals surface area contributed by atoms with E-state index in [0.717, 1.165) is 56.5 Å². The number of para-hydroxylation sites is 1. The molecule has 0 saturated carbocycles. The topological polar surface area (TPSA) is 74.3 Å². The number of unbranched alkanes of at least 4 members (excludes halogenated alkanes) is 1. The zero-order chi connectivity index (χ0) is 20.5. The smallest absolute Gasteiger partial charge is 0.315 e. The molecular weight excluding hydrogens is 416 g/mol. The van der Waals surface area contributed by atoms with Crippen molar-refractivity contribution in [1.29, 1.82) is 0 Å². The molecule has 3 aliphatic rings. The summed E-state index contributed by atoms with van der Waals surface area (Å²) in [6.07, 6.45) is 5.72. The van der Waals surface area contributed by atoms with Gasteiger partial charge in [-0.2, -0.15) is 11.8 Å². The first-order chi connectivity index (χ1) is 14.7. The summed E-state index contributed by atoms with van der Waals surface area (Å²) in [4.78, 5) is 31.0. The van der Waals surface area contributed by atoms with Crippen molar-refractivity contribution >= 4 is 45.3 Å². The summed E-state index contributed by atoms with van der Waals surface area (Å²) in [5.41, 5.74) is 1.09. The van der Waals surface area contributed by atoms with Crippen LogP contribution >= 0.6 is 23.1 Å². The SMILES string of the molecule is O=C1N[C@@H]2[C@@H](CS[C@@H]2CCCCC(=O)N2CCC(c3nc4ccccc4s3)CC2)N1. The van der Waals surface area contributed by atoms with Crippen molar-refractivity contribution in [2.45, 2.75) is 61.8 Å². The summed E-state index contributed by atoms with van der Waals surface area (Å²) in [6.45, 7) is 1.69. The number of thiazole rings is 1. The van der Waals surface area contributed by atoms with E-state index in [0.29, 0.717) is 23.5 Å². The molecule has 6 nitrogen and oxygen atoms in total. The van der Waals surface area contributed by atoms with Gasteiger partial charge < -0.3 is 15.5 Å². The van der Waals surface area contributed by atoms with E-state index in [2.05, 4.69) is 28.8 Å². The number of likely N-dealkylation sites (tertiary alicyclic amines) is 1. The molecule has 3 atom stereocenters. The van der Waals surface area contributed by atoms with Gasteiger partial charge in [0, 0.05) is 36.4 Å². The van der Waals surface area contributed by atoms with E-state index in [9.17, 15) is 9.59 Å². The molecule has 8 heteroatoms. The summed E-state index contributed by atoms with van der Waals surface area (Å²) in [5, 5.41) is 7.73. The maximum Gasteiger partial charge on any atom is 0.315 e. The number of rotatable bonds is 6. The van der Waals surface area contributed by atoms with Crippen molar-refractivity contribution in [3.63, 3.8) is 0 Å². The minimum Gasteiger partial charge on any atom is -0.343 e. The summed E-state index contributed by atoms with van der Waals surface area (Å²) < 4.78 is 1.26. The van der Waals surface area contributed by atoms with Crippen molar-refractivity contribution in [3.05, 3.63) is 29.3 Å². The first-order valence-electron chi connectivity index (χ1n) is 11.0. The van der Waals surface area contributed by atoms with Crippen molar-refractivity contribution in [3.8, 4) is 0 Å². The van der Waals surface area contributed by atoms with Crippen LogP contribution in [0.3, 0.4) is 0 Å². The van der Waals surface area contributed by atoms with Crippen LogP contribution in [0.5, 0.6) is 0 Å². The largest absolute Gasteiger partial charge is 0.343 e. The molecule has 4 heterocycles. The van der Waals surface area contributed by atoms with E-state index < -0.39 is 0 Å². The number of carbonyl (C=O) groups is 2. The Labute approximate surface area is 185 Å². The third-order valence-electron chi connectivity index (χ3n) is 6.57. The van der Waals surface area contributed by atoms with Gasteiger partial charge in [-0.3, -0.25) is 4.79 Å². The fourth-order valence-corrected chi connectivity index (χ4v) is 7.54. The lowest BCUT2D eigenvalue weighted by atomic mass is 9.97. The number of carbonyl (C=O) groups excluding carboxylic acids is 2. The molecule has 0 radical (unpaired) electrons. The molecule has 0 unspecified atom stereocenters. The maximum absolute atomic E-state index is 12.6. The summed E-state index contributed by atoms with van der Waals surface area (Å²) in [7, 11) is 0. The fourth-order valence-electron chi connectivity index (χ4n) is 4.86. The van der Waals surface area contributed by atoms with Gasteiger partial charge in [-0.1, -0.05) is 18.6 Å². The Morgan fingerprint density at radius 2 is 2.00 bits per heavy atom. The number of fused-ring (bicyclic) bond motifs is 2. The van der Waals surface area contributed by atoms with Crippen LogP contribution in [0, 0.1) is 0 Å². The zero-order valence-corrected chi connectivity index (χ0v) is 18.6. The number of piperidine rings is 1. The summed E-state index contributed by atoms with van der Waals surface area (Å²) in [6, 6.07) is 8.84. The average molecular weight is 445 g/mol. The van der Waals surface area contributed by atoms with Crippen LogP contribution in [-0.4, -0.2) is 58.0 Å². The highest BCUT2D eigenvalue weighted by Crippen LogP contribution is 2.35.